The van der Waals surface area contributed by atoms with Crippen LogP contribution in [0.5, 0.6) is 0 Å². The molecule has 0 atom stereocenters. The lowest BCUT2D eigenvalue weighted by atomic mass is 10.3. The monoisotopic (exact) mass is 283 g/mol. The van der Waals surface area contributed by atoms with Crippen molar-refractivity contribution in [2.24, 2.45) is 0 Å². The van der Waals surface area contributed by atoms with E-state index in [2.05, 4.69) is 31.2 Å². The number of hydrogen-bond donors (Lipinski definition) is 2. The Morgan fingerprint density at radius 2 is 2.31 bits per heavy atom. The largest absolute Gasteiger partial charge is 0.379 e. The van der Waals surface area contributed by atoms with Crippen molar-refractivity contribution in [3.8, 4) is 0 Å². The van der Waals surface area contributed by atoms with E-state index in [0.29, 0.717) is 11.0 Å². The van der Waals surface area contributed by atoms with E-state index in [1.807, 2.05) is 13.0 Å². The maximum absolute atomic E-state index is 13.2. The smallest absolute Gasteiger partial charge is 0.139 e. The summed E-state index contributed by atoms with van der Waals surface area (Å²) < 4.78 is 13.7. The Kier molecular flexibility index (Phi) is 3.24. The summed E-state index contributed by atoms with van der Waals surface area (Å²) in [6, 6.07) is 4.94. The van der Waals surface area contributed by atoms with Gasteiger partial charge >= 0.3 is 0 Å². The molecule has 1 heterocycles. The van der Waals surface area contributed by atoms with Gasteiger partial charge in [-0.1, -0.05) is 0 Å². The van der Waals surface area contributed by atoms with Crippen LogP contribution in [0.4, 0.5) is 10.1 Å². The van der Waals surface area contributed by atoms with E-state index in [4.69, 9.17) is 0 Å². The van der Waals surface area contributed by atoms with Crippen molar-refractivity contribution in [2.45, 2.75) is 13.5 Å². The van der Waals surface area contributed by atoms with Crippen LogP contribution in [0.1, 0.15) is 11.4 Å². The summed E-state index contributed by atoms with van der Waals surface area (Å²) in [5.74, 6) is -0.274. The molecule has 0 aliphatic carbocycles. The Bertz CT molecular complexity index is 496. The van der Waals surface area contributed by atoms with E-state index in [0.717, 1.165) is 17.1 Å². The number of aromatic amines is 1. The molecule has 16 heavy (non-hydrogen) atoms. The maximum atomic E-state index is 13.2. The predicted molar refractivity (Wildman–Crippen MR) is 64.8 cm³/mol. The number of H-pyrrole nitrogens is 1. The Morgan fingerprint density at radius 3 is 2.94 bits per heavy atom. The first-order valence-electron chi connectivity index (χ1n) is 4.84. The van der Waals surface area contributed by atoms with Crippen LogP contribution in [0, 0.1) is 12.7 Å². The lowest BCUT2D eigenvalue weighted by molar-refractivity contribution is 0.621. The molecule has 2 N–H and O–H groups in total. The Hall–Kier alpha value is -1.36. The number of aromatic nitrogens is 2. The number of halogens is 2. The zero-order chi connectivity index (χ0) is 11.5. The molecule has 0 spiro atoms. The third-order valence-electron chi connectivity index (χ3n) is 2.31. The lowest BCUT2D eigenvalue weighted by Gasteiger charge is -2.05. The molecule has 0 aliphatic rings. The van der Waals surface area contributed by atoms with E-state index in [1.165, 1.54) is 6.07 Å². The topological polar surface area (TPSA) is 40.7 Å². The van der Waals surface area contributed by atoms with Crippen LogP contribution in [0.2, 0.25) is 0 Å². The van der Waals surface area contributed by atoms with Gasteiger partial charge in [0.15, 0.2) is 0 Å². The fourth-order valence-corrected chi connectivity index (χ4v) is 1.60. The van der Waals surface area contributed by atoms with Crippen molar-refractivity contribution >= 4 is 21.6 Å². The average Bonchev–Trinajstić information content (AvgIpc) is 2.66. The Morgan fingerprint density at radius 1 is 1.50 bits per heavy atom. The number of rotatable bonds is 3. The molecule has 1 aromatic carbocycles. The number of aryl methyl sites for hydroxylation is 1. The number of nitrogens with zero attached hydrogens (tertiary/aromatic N) is 1. The molecule has 2 rings (SSSR count). The van der Waals surface area contributed by atoms with Gasteiger partial charge in [0.25, 0.3) is 0 Å². The van der Waals surface area contributed by atoms with E-state index in [-0.39, 0.29) is 5.82 Å². The fourth-order valence-electron chi connectivity index (χ4n) is 1.36. The highest BCUT2D eigenvalue weighted by molar-refractivity contribution is 9.10. The number of anilines is 1. The van der Waals surface area contributed by atoms with Crippen molar-refractivity contribution in [3.05, 3.63) is 46.2 Å². The summed E-state index contributed by atoms with van der Waals surface area (Å²) >= 11 is 3.11. The number of nitrogens with one attached hydrogen (secondary N) is 2. The van der Waals surface area contributed by atoms with E-state index < -0.39 is 0 Å². The first-order chi connectivity index (χ1) is 7.66. The summed E-state index contributed by atoms with van der Waals surface area (Å²) in [4.78, 5) is 7.14. The van der Waals surface area contributed by atoms with Gasteiger partial charge in [-0.2, -0.15) is 0 Å². The van der Waals surface area contributed by atoms with Crippen LogP contribution in [0.25, 0.3) is 0 Å². The SMILES string of the molecule is Cc1[nH]cnc1CNc1ccc(Br)c(F)c1. The highest BCUT2D eigenvalue weighted by Gasteiger charge is 2.03. The van der Waals surface area contributed by atoms with E-state index in [9.17, 15) is 4.39 Å². The first kappa shape index (κ1) is 11.1. The third kappa shape index (κ3) is 2.41. The van der Waals surface area contributed by atoms with Crippen molar-refractivity contribution < 1.29 is 4.39 Å². The van der Waals surface area contributed by atoms with Crippen LogP contribution >= 0.6 is 15.9 Å². The highest BCUT2D eigenvalue weighted by Crippen LogP contribution is 2.19. The van der Waals surface area contributed by atoms with Crippen molar-refractivity contribution in [3.63, 3.8) is 0 Å². The van der Waals surface area contributed by atoms with Gasteiger partial charge in [0, 0.05) is 11.4 Å². The van der Waals surface area contributed by atoms with Crippen LogP contribution in [-0.4, -0.2) is 9.97 Å². The minimum atomic E-state index is -0.274. The molecule has 2 aromatic rings. The van der Waals surface area contributed by atoms with Gasteiger partial charge in [0.1, 0.15) is 5.82 Å². The van der Waals surface area contributed by atoms with Crippen molar-refractivity contribution in [1.82, 2.24) is 9.97 Å². The van der Waals surface area contributed by atoms with Gasteiger partial charge in [0.2, 0.25) is 0 Å². The second-order valence-electron chi connectivity index (χ2n) is 3.46. The molecule has 0 radical (unpaired) electrons. The maximum Gasteiger partial charge on any atom is 0.139 e. The van der Waals surface area contributed by atoms with E-state index in [1.54, 1.807) is 12.4 Å². The molecule has 5 heteroatoms. The molecule has 1 aromatic heterocycles. The molecule has 0 unspecified atom stereocenters. The molecule has 0 bridgehead atoms. The molecule has 3 nitrogen and oxygen atoms in total. The summed E-state index contributed by atoms with van der Waals surface area (Å²) in [5.41, 5.74) is 2.69. The Labute approximate surface area is 101 Å². The minimum absolute atomic E-state index is 0.274. The summed E-state index contributed by atoms with van der Waals surface area (Å²) in [5, 5.41) is 3.11. The normalized spacial score (nSPS) is 10.4. The average molecular weight is 284 g/mol. The fraction of sp³-hybridized carbons (Fsp3) is 0.182. The van der Waals surface area contributed by atoms with Crippen LogP contribution in [0.15, 0.2) is 29.0 Å². The molecule has 0 saturated carbocycles. The van der Waals surface area contributed by atoms with Gasteiger partial charge < -0.3 is 10.3 Å². The standard InChI is InChI=1S/C11H11BrFN3/c1-7-11(16-6-15-7)5-14-8-2-3-9(12)10(13)4-8/h2-4,6,14H,5H2,1H3,(H,15,16). The molecule has 0 amide bonds. The molecular formula is C11H11BrFN3. The van der Waals surface area contributed by atoms with Crippen LogP contribution in [0.3, 0.4) is 0 Å². The molecule has 0 aliphatic heterocycles. The molecule has 0 saturated heterocycles. The van der Waals surface area contributed by atoms with Crippen molar-refractivity contribution in [2.75, 3.05) is 5.32 Å². The Balaban J connectivity index is 2.05. The van der Waals surface area contributed by atoms with Gasteiger partial charge in [-0.25, -0.2) is 9.37 Å². The zero-order valence-electron chi connectivity index (χ0n) is 8.72. The van der Waals surface area contributed by atoms with E-state index >= 15 is 0 Å². The third-order valence-corrected chi connectivity index (χ3v) is 2.96. The lowest BCUT2D eigenvalue weighted by Crippen LogP contribution is -2.01. The molecule has 0 fully saturated rings. The van der Waals surface area contributed by atoms with Crippen molar-refractivity contribution in [1.29, 1.82) is 0 Å². The second-order valence-corrected chi connectivity index (χ2v) is 4.31. The number of benzene rings is 1. The van der Waals surface area contributed by atoms with Gasteiger partial charge in [0.05, 0.1) is 23.0 Å². The molecular weight excluding hydrogens is 273 g/mol. The highest BCUT2D eigenvalue weighted by atomic mass is 79.9. The predicted octanol–water partition coefficient (Wildman–Crippen LogP) is 3.23. The van der Waals surface area contributed by atoms with Gasteiger partial charge in [-0.05, 0) is 41.1 Å². The first-order valence-corrected chi connectivity index (χ1v) is 5.64. The van der Waals surface area contributed by atoms with Crippen LogP contribution < -0.4 is 5.32 Å². The number of hydrogen-bond acceptors (Lipinski definition) is 2. The zero-order valence-corrected chi connectivity index (χ0v) is 10.3. The molecule has 84 valence electrons. The van der Waals surface area contributed by atoms with Crippen LogP contribution in [-0.2, 0) is 6.54 Å². The minimum Gasteiger partial charge on any atom is -0.379 e. The summed E-state index contributed by atoms with van der Waals surface area (Å²) in [6.45, 7) is 2.53. The quantitative estimate of drug-likeness (QED) is 0.908. The number of imidazole rings is 1. The summed E-state index contributed by atoms with van der Waals surface area (Å²) in [7, 11) is 0. The summed E-state index contributed by atoms with van der Waals surface area (Å²) in [6.07, 6.45) is 1.65. The van der Waals surface area contributed by atoms with Gasteiger partial charge in [-0.15, -0.1) is 0 Å². The van der Waals surface area contributed by atoms with Gasteiger partial charge in [-0.3, -0.25) is 0 Å². The second kappa shape index (κ2) is 4.65.